The molecule has 2 bridgehead atoms. The Labute approximate surface area is 162 Å². The summed E-state index contributed by atoms with van der Waals surface area (Å²) in [6.07, 6.45) is 7.14. The minimum atomic E-state index is -0.792. The van der Waals surface area contributed by atoms with Gasteiger partial charge in [-0.3, -0.25) is 14.4 Å². The number of benzene rings is 1. The second kappa shape index (κ2) is 6.67. The summed E-state index contributed by atoms with van der Waals surface area (Å²) in [7, 11) is 0. The highest BCUT2D eigenvalue weighted by molar-refractivity contribution is 5.70. The lowest BCUT2D eigenvalue weighted by atomic mass is 9.79. The van der Waals surface area contributed by atoms with Gasteiger partial charge in [0.15, 0.2) is 0 Å². The molecule has 7 heteroatoms. The van der Waals surface area contributed by atoms with E-state index in [1.165, 1.54) is 6.07 Å². The number of hydrogen-bond acceptors (Lipinski definition) is 4. The third-order valence-corrected chi connectivity index (χ3v) is 6.72. The Morgan fingerprint density at radius 3 is 2.79 bits per heavy atom. The van der Waals surface area contributed by atoms with E-state index in [-0.39, 0.29) is 17.9 Å². The van der Waals surface area contributed by atoms with E-state index in [1.807, 2.05) is 6.07 Å². The molecule has 3 aliphatic heterocycles. The molecule has 0 saturated carbocycles. The Balaban J connectivity index is 1.35. The summed E-state index contributed by atoms with van der Waals surface area (Å²) < 4.78 is 21.8. The Bertz CT molecular complexity index is 871. The smallest absolute Gasteiger partial charge is 0.309 e. The number of carboxylic acid groups (broad SMARTS) is 1. The van der Waals surface area contributed by atoms with Gasteiger partial charge < -0.3 is 9.84 Å². The standard InChI is InChI=1S/C21H24FN3O3/c22-16-3-2-14-13-28-21(19(14)8-16)9-17-4-5-18(10-21)25(17)12-15(20(26)27)11-24-7-1-6-23-24/h1-3,6-8,15,17-18H,4-5,9-13H2,(H,26,27). The predicted molar refractivity (Wildman–Crippen MR) is 99.0 cm³/mol. The van der Waals surface area contributed by atoms with Crippen LogP contribution in [0, 0.1) is 11.7 Å². The first-order valence-corrected chi connectivity index (χ1v) is 9.93. The Hall–Kier alpha value is -2.25. The van der Waals surface area contributed by atoms with E-state index in [0.717, 1.165) is 36.8 Å². The second-order valence-electron chi connectivity index (χ2n) is 8.34. The molecule has 3 unspecified atom stereocenters. The van der Waals surface area contributed by atoms with Crippen molar-refractivity contribution in [1.29, 1.82) is 0 Å². The molecule has 4 heterocycles. The quantitative estimate of drug-likeness (QED) is 0.857. The van der Waals surface area contributed by atoms with Crippen LogP contribution in [-0.4, -0.2) is 44.4 Å². The number of piperidine rings is 1. The van der Waals surface area contributed by atoms with E-state index < -0.39 is 17.5 Å². The molecule has 2 aromatic rings. The minimum Gasteiger partial charge on any atom is -0.481 e. The Morgan fingerprint density at radius 1 is 1.32 bits per heavy atom. The van der Waals surface area contributed by atoms with Crippen molar-refractivity contribution in [2.45, 2.75) is 56.5 Å². The molecule has 28 heavy (non-hydrogen) atoms. The number of carbonyl (C=O) groups is 1. The van der Waals surface area contributed by atoms with Crippen LogP contribution < -0.4 is 0 Å². The van der Waals surface area contributed by atoms with Gasteiger partial charge in [0.1, 0.15) is 5.82 Å². The van der Waals surface area contributed by atoms with Crippen molar-refractivity contribution < 1.29 is 19.0 Å². The van der Waals surface area contributed by atoms with Gasteiger partial charge in [-0.05, 0) is 55.0 Å². The number of aromatic nitrogens is 2. The van der Waals surface area contributed by atoms with Gasteiger partial charge in [-0.15, -0.1) is 0 Å². The lowest BCUT2D eigenvalue weighted by molar-refractivity contribution is -0.145. The summed E-state index contributed by atoms with van der Waals surface area (Å²) in [5.74, 6) is -1.52. The maximum atomic E-state index is 13.9. The van der Waals surface area contributed by atoms with Crippen molar-refractivity contribution in [3.63, 3.8) is 0 Å². The van der Waals surface area contributed by atoms with E-state index in [2.05, 4.69) is 10.00 Å². The molecule has 1 aromatic heterocycles. The highest BCUT2D eigenvalue weighted by atomic mass is 19.1. The molecule has 1 N–H and O–H groups in total. The van der Waals surface area contributed by atoms with Crippen LogP contribution in [0.15, 0.2) is 36.7 Å². The van der Waals surface area contributed by atoms with Gasteiger partial charge in [-0.2, -0.15) is 5.10 Å². The van der Waals surface area contributed by atoms with Gasteiger partial charge in [0.2, 0.25) is 0 Å². The molecule has 3 atom stereocenters. The average Bonchev–Trinajstić information content (AvgIpc) is 3.35. The molecule has 0 aliphatic carbocycles. The first kappa shape index (κ1) is 17.8. The maximum absolute atomic E-state index is 13.9. The van der Waals surface area contributed by atoms with Crippen molar-refractivity contribution >= 4 is 5.97 Å². The van der Waals surface area contributed by atoms with Crippen LogP contribution in [0.5, 0.6) is 0 Å². The van der Waals surface area contributed by atoms with Crippen LogP contribution >= 0.6 is 0 Å². The van der Waals surface area contributed by atoms with Gasteiger partial charge in [0.05, 0.1) is 24.7 Å². The molecular formula is C21H24FN3O3. The fourth-order valence-corrected chi connectivity index (χ4v) is 5.43. The first-order valence-electron chi connectivity index (χ1n) is 9.93. The second-order valence-corrected chi connectivity index (χ2v) is 8.34. The third kappa shape index (κ3) is 2.93. The van der Waals surface area contributed by atoms with Crippen LogP contribution in [0.2, 0.25) is 0 Å². The number of hydrogen-bond donors (Lipinski definition) is 1. The molecule has 5 rings (SSSR count). The normalized spacial score (nSPS) is 29.9. The molecule has 0 amide bonds. The zero-order valence-corrected chi connectivity index (χ0v) is 15.6. The first-order chi connectivity index (χ1) is 13.5. The number of halogens is 1. The largest absolute Gasteiger partial charge is 0.481 e. The highest BCUT2D eigenvalue weighted by Gasteiger charge is 2.53. The van der Waals surface area contributed by atoms with Crippen LogP contribution in [0.3, 0.4) is 0 Å². The molecule has 6 nitrogen and oxygen atoms in total. The predicted octanol–water partition coefficient (Wildman–Crippen LogP) is 2.78. The topological polar surface area (TPSA) is 67.6 Å². The van der Waals surface area contributed by atoms with E-state index in [4.69, 9.17) is 4.74 Å². The van der Waals surface area contributed by atoms with Gasteiger partial charge in [-0.1, -0.05) is 6.07 Å². The fourth-order valence-electron chi connectivity index (χ4n) is 5.43. The molecule has 2 saturated heterocycles. The van der Waals surface area contributed by atoms with Crippen molar-refractivity contribution in [3.8, 4) is 0 Å². The Morgan fingerprint density at radius 2 is 2.11 bits per heavy atom. The summed E-state index contributed by atoms with van der Waals surface area (Å²) in [4.78, 5) is 14.2. The summed E-state index contributed by atoms with van der Waals surface area (Å²) in [5, 5.41) is 13.9. The van der Waals surface area contributed by atoms with Crippen LogP contribution in [-0.2, 0) is 28.3 Å². The molecule has 1 aromatic carbocycles. The summed E-state index contributed by atoms with van der Waals surface area (Å²) in [6.45, 7) is 1.41. The highest BCUT2D eigenvalue weighted by Crippen LogP contribution is 2.52. The van der Waals surface area contributed by atoms with Gasteiger partial charge >= 0.3 is 5.97 Å². The summed E-state index contributed by atoms with van der Waals surface area (Å²) in [6, 6.07) is 7.31. The number of rotatable bonds is 5. The SMILES string of the molecule is O=C(O)C(CN1C2CCC1CC1(C2)OCc2ccc(F)cc21)Cn1cccn1. The van der Waals surface area contributed by atoms with Crippen molar-refractivity contribution in [1.82, 2.24) is 14.7 Å². The number of nitrogens with zero attached hydrogens (tertiary/aromatic N) is 3. The van der Waals surface area contributed by atoms with Gasteiger partial charge in [0, 0.05) is 31.0 Å². The molecular weight excluding hydrogens is 361 g/mol. The molecule has 1 spiro atoms. The van der Waals surface area contributed by atoms with E-state index in [9.17, 15) is 14.3 Å². The maximum Gasteiger partial charge on any atom is 0.309 e. The lowest BCUT2D eigenvalue weighted by Crippen LogP contribution is -2.52. The van der Waals surface area contributed by atoms with Crippen LogP contribution in [0.4, 0.5) is 4.39 Å². The van der Waals surface area contributed by atoms with Crippen LogP contribution in [0.1, 0.15) is 36.8 Å². The van der Waals surface area contributed by atoms with Crippen molar-refractivity contribution in [3.05, 3.63) is 53.6 Å². The van der Waals surface area contributed by atoms with Gasteiger partial charge in [0.25, 0.3) is 0 Å². The fraction of sp³-hybridized carbons (Fsp3) is 0.524. The average molecular weight is 385 g/mol. The van der Waals surface area contributed by atoms with E-state index in [0.29, 0.717) is 19.7 Å². The van der Waals surface area contributed by atoms with E-state index in [1.54, 1.807) is 29.2 Å². The van der Waals surface area contributed by atoms with Crippen LogP contribution in [0.25, 0.3) is 0 Å². The molecule has 0 radical (unpaired) electrons. The Kier molecular flexibility index (Phi) is 4.25. The lowest BCUT2D eigenvalue weighted by Gasteiger charge is -2.45. The zero-order chi connectivity index (χ0) is 19.3. The molecule has 148 valence electrons. The van der Waals surface area contributed by atoms with E-state index >= 15 is 0 Å². The van der Waals surface area contributed by atoms with Gasteiger partial charge in [-0.25, -0.2) is 4.39 Å². The summed E-state index contributed by atoms with van der Waals surface area (Å²) in [5.41, 5.74) is 1.66. The monoisotopic (exact) mass is 385 g/mol. The van der Waals surface area contributed by atoms with Crippen molar-refractivity contribution in [2.75, 3.05) is 6.54 Å². The molecule has 3 aliphatic rings. The molecule has 2 fully saturated rings. The minimum absolute atomic E-state index is 0.219. The number of fused-ring (bicyclic) bond motifs is 4. The summed E-state index contributed by atoms with van der Waals surface area (Å²) >= 11 is 0. The number of aliphatic carboxylic acids is 1. The van der Waals surface area contributed by atoms with Crippen molar-refractivity contribution in [2.24, 2.45) is 5.92 Å². The third-order valence-electron chi connectivity index (χ3n) is 6.72. The number of ether oxygens (including phenoxy) is 1. The zero-order valence-electron chi connectivity index (χ0n) is 15.6. The number of carboxylic acids is 1.